The van der Waals surface area contributed by atoms with E-state index in [1.54, 1.807) is 6.20 Å². The van der Waals surface area contributed by atoms with Gasteiger partial charge in [0.25, 0.3) is 0 Å². The molecule has 1 aromatic heterocycles. The molecule has 7 heteroatoms. The van der Waals surface area contributed by atoms with Crippen molar-refractivity contribution in [1.29, 1.82) is 0 Å². The van der Waals surface area contributed by atoms with Crippen LogP contribution in [0.5, 0.6) is 0 Å². The first kappa shape index (κ1) is 15.9. The van der Waals surface area contributed by atoms with E-state index in [-0.39, 0.29) is 0 Å². The van der Waals surface area contributed by atoms with Crippen LogP contribution in [0.2, 0.25) is 0 Å². The lowest BCUT2D eigenvalue weighted by Crippen LogP contribution is -2.10. The number of hydrogen-bond donors (Lipinski definition) is 1. The minimum absolute atomic E-state index is 0.411. The van der Waals surface area contributed by atoms with Crippen LogP contribution < -0.4 is 5.32 Å². The van der Waals surface area contributed by atoms with Crippen molar-refractivity contribution in [2.75, 3.05) is 5.32 Å². The number of aryl methyl sites for hydroxylation is 1. The van der Waals surface area contributed by atoms with E-state index in [0.29, 0.717) is 16.7 Å². The molecule has 0 radical (unpaired) electrons. The van der Waals surface area contributed by atoms with Gasteiger partial charge in [-0.2, -0.15) is 18.3 Å². The fourth-order valence-electron chi connectivity index (χ4n) is 1.95. The fraction of sp³-hybridized carbons (Fsp3) is 0.357. The van der Waals surface area contributed by atoms with Crippen LogP contribution in [-0.2, 0) is 19.3 Å². The summed E-state index contributed by atoms with van der Waals surface area (Å²) in [7, 11) is 0. The number of halogens is 4. The first-order valence-corrected chi connectivity index (χ1v) is 7.32. The maximum absolute atomic E-state index is 12.7. The summed E-state index contributed by atoms with van der Waals surface area (Å²) in [6.45, 7) is 3.25. The molecule has 2 aromatic rings. The average Bonchev–Trinajstić information content (AvgIpc) is 2.84. The smallest absolute Gasteiger partial charge is 0.378 e. The molecule has 0 saturated carbocycles. The summed E-state index contributed by atoms with van der Waals surface area (Å²) in [5, 5.41) is 7.20. The topological polar surface area (TPSA) is 29.9 Å². The van der Waals surface area contributed by atoms with Crippen molar-refractivity contribution in [3.8, 4) is 0 Å². The molecule has 0 atom stereocenters. The zero-order valence-electron chi connectivity index (χ0n) is 11.4. The molecule has 1 N–H and O–H groups in total. The van der Waals surface area contributed by atoms with Crippen molar-refractivity contribution >= 4 is 21.6 Å². The number of benzene rings is 1. The van der Waals surface area contributed by atoms with E-state index in [9.17, 15) is 13.2 Å². The van der Waals surface area contributed by atoms with Gasteiger partial charge in [-0.25, -0.2) is 0 Å². The van der Waals surface area contributed by atoms with Crippen LogP contribution in [-0.4, -0.2) is 9.78 Å². The largest absolute Gasteiger partial charge is 0.416 e. The van der Waals surface area contributed by atoms with Crippen molar-refractivity contribution in [3.63, 3.8) is 0 Å². The van der Waals surface area contributed by atoms with Crippen molar-refractivity contribution in [1.82, 2.24) is 9.78 Å². The van der Waals surface area contributed by atoms with Crippen LogP contribution in [0.25, 0.3) is 0 Å². The van der Waals surface area contributed by atoms with Gasteiger partial charge in [-0.3, -0.25) is 4.68 Å². The molecule has 0 bridgehead atoms. The minimum atomic E-state index is -4.35. The summed E-state index contributed by atoms with van der Waals surface area (Å²) in [5.41, 5.74) is 0.672. The highest BCUT2D eigenvalue weighted by atomic mass is 79.9. The second kappa shape index (κ2) is 6.51. The number of rotatable bonds is 5. The van der Waals surface area contributed by atoms with Crippen LogP contribution in [0.3, 0.4) is 0 Å². The quantitative estimate of drug-likeness (QED) is 0.837. The molecule has 3 nitrogen and oxygen atoms in total. The molecule has 0 aliphatic heterocycles. The first-order valence-electron chi connectivity index (χ1n) is 6.53. The van der Waals surface area contributed by atoms with E-state index in [2.05, 4.69) is 26.3 Å². The van der Waals surface area contributed by atoms with Crippen LogP contribution in [0.4, 0.5) is 18.9 Å². The van der Waals surface area contributed by atoms with Crippen LogP contribution in [0.15, 0.2) is 34.9 Å². The predicted octanol–water partition coefficient (Wildman–Crippen LogP) is 4.69. The Morgan fingerprint density at radius 1 is 1.29 bits per heavy atom. The lowest BCUT2D eigenvalue weighted by molar-refractivity contribution is -0.137. The Balaban J connectivity index is 2.14. The van der Waals surface area contributed by atoms with Gasteiger partial charge in [-0.05, 0) is 46.6 Å². The lowest BCUT2D eigenvalue weighted by atomic mass is 10.2. The minimum Gasteiger partial charge on any atom is -0.378 e. The Kier molecular flexibility index (Phi) is 4.92. The number of nitrogens with zero attached hydrogens (tertiary/aromatic N) is 2. The molecular weight excluding hydrogens is 347 g/mol. The number of hydrogen-bond acceptors (Lipinski definition) is 2. The molecule has 2 rings (SSSR count). The Labute approximate surface area is 129 Å². The van der Waals surface area contributed by atoms with E-state index in [0.717, 1.165) is 30.8 Å². The van der Waals surface area contributed by atoms with Crippen molar-refractivity contribution in [2.24, 2.45) is 0 Å². The van der Waals surface area contributed by atoms with Crippen LogP contribution >= 0.6 is 15.9 Å². The van der Waals surface area contributed by atoms with E-state index < -0.39 is 11.7 Å². The zero-order valence-corrected chi connectivity index (χ0v) is 13.0. The van der Waals surface area contributed by atoms with Gasteiger partial charge < -0.3 is 5.32 Å². The molecule has 0 saturated heterocycles. The van der Waals surface area contributed by atoms with Gasteiger partial charge in [-0.1, -0.05) is 6.92 Å². The number of aromatic nitrogens is 2. The third kappa shape index (κ3) is 4.00. The maximum atomic E-state index is 12.7. The van der Waals surface area contributed by atoms with Gasteiger partial charge in [-0.15, -0.1) is 0 Å². The summed E-state index contributed by atoms with van der Waals surface area (Å²) >= 11 is 3.26. The average molecular weight is 362 g/mol. The summed E-state index contributed by atoms with van der Waals surface area (Å²) in [6.07, 6.45) is -1.71. The van der Waals surface area contributed by atoms with E-state index >= 15 is 0 Å². The molecule has 0 aliphatic rings. The lowest BCUT2D eigenvalue weighted by Gasteiger charge is -2.13. The molecule has 21 heavy (non-hydrogen) atoms. The van der Waals surface area contributed by atoms with Gasteiger partial charge in [0, 0.05) is 22.9 Å². The summed E-state index contributed by atoms with van der Waals surface area (Å²) in [5.74, 6) is 0. The Hall–Kier alpha value is -1.50. The molecule has 0 spiro atoms. The molecule has 0 amide bonds. The summed E-state index contributed by atoms with van der Waals surface area (Å²) in [6, 6.07) is 5.40. The molecule has 0 unspecified atom stereocenters. The van der Waals surface area contributed by atoms with Gasteiger partial charge in [0.15, 0.2) is 0 Å². The van der Waals surface area contributed by atoms with Crippen molar-refractivity contribution < 1.29 is 13.2 Å². The standard InChI is InChI=1S/C14H15BrF3N3/c1-2-7-21-11(5-6-20-21)9-19-13-8-10(14(16,17)18)3-4-12(13)15/h3-6,8,19H,2,7,9H2,1H3. The summed E-state index contributed by atoms with van der Waals surface area (Å²) < 4.78 is 40.6. The van der Waals surface area contributed by atoms with E-state index in [4.69, 9.17) is 0 Å². The molecule has 0 fully saturated rings. The third-order valence-corrected chi connectivity index (χ3v) is 3.69. The normalized spacial score (nSPS) is 11.7. The molecule has 114 valence electrons. The van der Waals surface area contributed by atoms with Gasteiger partial charge in [0.1, 0.15) is 0 Å². The third-order valence-electron chi connectivity index (χ3n) is 2.99. The molecule has 1 aromatic carbocycles. The Bertz CT molecular complexity index is 608. The van der Waals surface area contributed by atoms with Crippen molar-refractivity contribution in [2.45, 2.75) is 32.6 Å². The highest BCUT2D eigenvalue weighted by Crippen LogP contribution is 2.34. The highest BCUT2D eigenvalue weighted by molar-refractivity contribution is 9.10. The van der Waals surface area contributed by atoms with E-state index in [1.165, 1.54) is 6.07 Å². The molecule has 1 heterocycles. The van der Waals surface area contributed by atoms with Gasteiger partial charge >= 0.3 is 6.18 Å². The summed E-state index contributed by atoms with van der Waals surface area (Å²) in [4.78, 5) is 0. The van der Waals surface area contributed by atoms with Crippen LogP contribution in [0, 0.1) is 0 Å². The number of anilines is 1. The monoisotopic (exact) mass is 361 g/mol. The van der Waals surface area contributed by atoms with Gasteiger partial charge in [0.2, 0.25) is 0 Å². The second-order valence-corrected chi connectivity index (χ2v) is 5.45. The Morgan fingerprint density at radius 2 is 2.05 bits per heavy atom. The second-order valence-electron chi connectivity index (χ2n) is 4.59. The molecular formula is C14H15BrF3N3. The fourth-order valence-corrected chi connectivity index (χ4v) is 2.33. The Morgan fingerprint density at radius 3 is 2.71 bits per heavy atom. The van der Waals surface area contributed by atoms with Crippen molar-refractivity contribution in [3.05, 3.63) is 46.2 Å². The SMILES string of the molecule is CCCn1nccc1CNc1cc(C(F)(F)F)ccc1Br. The molecule has 0 aliphatic carbocycles. The first-order chi connectivity index (χ1) is 9.91. The van der Waals surface area contributed by atoms with Crippen LogP contribution in [0.1, 0.15) is 24.6 Å². The highest BCUT2D eigenvalue weighted by Gasteiger charge is 2.30. The van der Waals surface area contributed by atoms with Gasteiger partial charge in [0.05, 0.1) is 17.8 Å². The maximum Gasteiger partial charge on any atom is 0.416 e. The predicted molar refractivity (Wildman–Crippen MR) is 79.0 cm³/mol. The zero-order chi connectivity index (χ0) is 15.5. The number of nitrogens with one attached hydrogen (secondary N) is 1. The number of alkyl halides is 3. The van der Waals surface area contributed by atoms with E-state index in [1.807, 2.05) is 17.7 Å².